The molecular weight excluding hydrogens is 290 g/mol. The third-order valence-corrected chi connectivity index (χ3v) is 5.20. The van der Waals surface area contributed by atoms with E-state index >= 15 is 0 Å². The van der Waals surface area contributed by atoms with Crippen LogP contribution in [0.25, 0.3) is 0 Å². The largest absolute Gasteiger partial charge is 0.365 e. The average molecular weight is 312 g/mol. The van der Waals surface area contributed by atoms with E-state index in [1.807, 2.05) is 0 Å². The molecule has 1 unspecified atom stereocenters. The SMILES string of the molecule is CCC(CC)C1CN=C(NCCc2cc(F)cc(F)c2)S1. The van der Waals surface area contributed by atoms with Gasteiger partial charge in [0.05, 0.1) is 6.54 Å². The first-order chi connectivity index (χ1) is 10.1. The summed E-state index contributed by atoms with van der Waals surface area (Å²) in [6.07, 6.45) is 2.95. The summed E-state index contributed by atoms with van der Waals surface area (Å²) in [5, 5.41) is 4.80. The monoisotopic (exact) mass is 312 g/mol. The van der Waals surface area contributed by atoms with Gasteiger partial charge in [-0.15, -0.1) is 0 Å². The molecule has 1 aromatic rings. The average Bonchev–Trinajstić information content (AvgIpc) is 2.88. The van der Waals surface area contributed by atoms with Gasteiger partial charge in [0, 0.05) is 17.9 Å². The second kappa shape index (κ2) is 7.78. The molecule has 1 N–H and O–H groups in total. The van der Waals surface area contributed by atoms with Gasteiger partial charge in [0.15, 0.2) is 5.17 Å². The molecule has 21 heavy (non-hydrogen) atoms. The van der Waals surface area contributed by atoms with Gasteiger partial charge < -0.3 is 5.32 Å². The Hall–Kier alpha value is -1.10. The normalized spacial score (nSPS) is 18.1. The highest BCUT2D eigenvalue weighted by Crippen LogP contribution is 2.30. The molecule has 0 radical (unpaired) electrons. The predicted molar refractivity (Wildman–Crippen MR) is 85.8 cm³/mol. The van der Waals surface area contributed by atoms with Crippen molar-refractivity contribution in [1.29, 1.82) is 0 Å². The third-order valence-electron chi connectivity index (χ3n) is 3.86. The zero-order chi connectivity index (χ0) is 15.2. The smallest absolute Gasteiger partial charge is 0.156 e. The van der Waals surface area contributed by atoms with Crippen LogP contribution < -0.4 is 5.32 Å². The number of halogens is 2. The number of thioether (sulfide) groups is 1. The zero-order valence-electron chi connectivity index (χ0n) is 12.5. The van der Waals surface area contributed by atoms with Crippen molar-refractivity contribution < 1.29 is 8.78 Å². The van der Waals surface area contributed by atoms with E-state index in [1.165, 1.54) is 25.0 Å². The lowest BCUT2D eigenvalue weighted by molar-refractivity contribution is 0.479. The van der Waals surface area contributed by atoms with Gasteiger partial charge in [-0.05, 0) is 30.0 Å². The van der Waals surface area contributed by atoms with Gasteiger partial charge in [-0.25, -0.2) is 8.78 Å². The molecule has 0 saturated heterocycles. The Morgan fingerprint density at radius 2 is 1.90 bits per heavy atom. The fourth-order valence-electron chi connectivity index (χ4n) is 2.62. The van der Waals surface area contributed by atoms with Crippen molar-refractivity contribution in [1.82, 2.24) is 5.32 Å². The molecule has 1 aliphatic heterocycles. The van der Waals surface area contributed by atoms with Crippen LogP contribution in [0.2, 0.25) is 0 Å². The Kier molecular flexibility index (Phi) is 6.03. The standard InChI is InChI=1S/C16H22F2N2S/c1-3-12(4-2)15-10-20-16(21-15)19-6-5-11-7-13(17)9-14(18)8-11/h7-9,12,15H,3-6,10H2,1-2H3,(H,19,20). The highest BCUT2D eigenvalue weighted by Gasteiger charge is 2.25. The fourth-order valence-corrected chi connectivity index (χ4v) is 3.96. The van der Waals surface area contributed by atoms with Crippen LogP contribution >= 0.6 is 11.8 Å². The first-order valence-electron chi connectivity index (χ1n) is 7.52. The van der Waals surface area contributed by atoms with Crippen LogP contribution in [-0.2, 0) is 6.42 Å². The zero-order valence-corrected chi connectivity index (χ0v) is 13.4. The summed E-state index contributed by atoms with van der Waals surface area (Å²) >= 11 is 1.80. The second-order valence-corrected chi connectivity index (χ2v) is 6.56. The van der Waals surface area contributed by atoms with Crippen molar-refractivity contribution in [3.63, 3.8) is 0 Å². The molecule has 0 bridgehead atoms. The summed E-state index contributed by atoms with van der Waals surface area (Å²) in [6.45, 7) is 5.95. The van der Waals surface area contributed by atoms with Crippen molar-refractivity contribution >= 4 is 16.9 Å². The van der Waals surface area contributed by atoms with Crippen LogP contribution in [0.3, 0.4) is 0 Å². The molecule has 5 heteroatoms. The van der Waals surface area contributed by atoms with E-state index in [0.717, 1.165) is 17.8 Å². The van der Waals surface area contributed by atoms with Crippen molar-refractivity contribution in [2.45, 2.75) is 38.4 Å². The Balaban J connectivity index is 1.77. The molecule has 1 aromatic carbocycles. The first kappa shape index (κ1) is 16.3. The van der Waals surface area contributed by atoms with Crippen molar-refractivity contribution in [2.75, 3.05) is 13.1 Å². The molecule has 116 valence electrons. The molecule has 0 fully saturated rings. The van der Waals surface area contributed by atoms with Gasteiger partial charge >= 0.3 is 0 Å². The highest BCUT2D eigenvalue weighted by atomic mass is 32.2. The van der Waals surface area contributed by atoms with Gasteiger partial charge in [-0.3, -0.25) is 4.99 Å². The van der Waals surface area contributed by atoms with Gasteiger partial charge in [0.2, 0.25) is 0 Å². The summed E-state index contributed by atoms with van der Waals surface area (Å²) in [4.78, 5) is 4.52. The topological polar surface area (TPSA) is 24.4 Å². The van der Waals surface area contributed by atoms with E-state index in [1.54, 1.807) is 11.8 Å². The lowest BCUT2D eigenvalue weighted by atomic mass is 9.99. The van der Waals surface area contributed by atoms with E-state index < -0.39 is 11.6 Å². The van der Waals surface area contributed by atoms with Gasteiger partial charge in [-0.1, -0.05) is 38.5 Å². The number of nitrogens with one attached hydrogen (secondary N) is 1. The number of hydrogen-bond donors (Lipinski definition) is 1. The molecule has 2 nitrogen and oxygen atoms in total. The fraction of sp³-hybridized carbons (Fsp3) is 0.562. The molecular formula is C16H22F2N2S. The summed E-state index contributed by atoms with van der Waals surface area (Å²) < 4.78 is 26.2. The van der Waals surface area contributed by atoms with Crippen LogP contribution in [0.4, 0.5) is 8.78 Å². The third kappa shape index (κ3) is 4.70. The summed E-state index contributed by atoms with van der Waals surface area (Å²) in [6, 6.07) is 3.65. The Morgan fingerprint density at radius 3 is 2.52 bits per heavy atom. The molecule has 1 heterocycles. The van der Waals surface area contributed by atoms with Gasteiger partial charge in [0.25, 0.3) is 0 Å². The maximum absolute atomic E-state index is 13.1. The van der Waals surface area contributed by atoms with Crippen molar-refractivity contribution in [3.05, 3.63) is 35.4 Å². The maximum atomic E-state index is 13.1. The van der Waals surface area contributed by atoms with Crippen molar-refractivity contribution in [2.24, 2.45) is 10.9 Å². The number of aliphatic imine (C=N–C) groups is 1. The van der Waals surface area contributed by atoms with Crippen LogP contribution in [0.1, 0.15) is 32.3 Å². The lowest BCUT2D eigenvalue weighted by Crippen LogP contribution is -2.23. The van der Waals surface area contributed by atoms with E-state index in [2.05, 4.69) is 24.2 Å². The summed E-state index contributed by atoms with van der Waals surface area (Å²) in [7, 11) is 0. The van der Waals surface area contributed by atoms with Crippen molar-refractivity contribution in [3.8, 4) is 0 Å². The molecule has 1 atom stereocenters. The highest BCUT2D eigenvalue weighted by molar-refractivity contribution is 8.14. The Morgan fingerprint density at radius 1 is 1.24 bits per heavy atom. The van der Waals surface area contributed by atoms with E-state index in [4.69, 9.17) is 0 Å². The Labute approximate surface area is 129 Å². The number of nitrogens with zero attached hydrogens (tertiary/aromatic N) is 1. The number of hydrogen-bond acceptors (Lipinski definition) is 3. The first-order valence-corrected chi connectivity index (χ1v) is 8.40. The minimum Gasteiger partial charge on any atom is -0.365 e. The van der Waals surface area contributed by atoms with E-state index in [-0.39, 0.29) is 0 Å². The van der Waals surface area contributed by atoms with Crippen LogP contribution in [0.5, 0.6) is 0 Å². The van der Waals surface area contributed by atoms with Crippen LogP contribution in [0.15, 0.2) is 23.2 Å². The van der Waals surface area contributed by atoms with E-state index in [9.17, 15) is 8.78 Å². The number of amidine groups is 1. The second-order valence-electron chi connectivity index (χ2n) is 5.33. The van der Waals surface area contributed by atoms with E-state index in [0.29, 0.717) is 29.7 Å². The summed E-state index contributed by atoms with van der Waals surface area (Å²) in [5.41, 5.74) is 0.667. The van der Waals surface area contributed by atoms with Gasteiger partial charge in [-0.2, -0.15) is 0 Å². The molecule has 0 aliphatic carbocycles. The molecule has 0 spiro atoms. The predicted octanol–water partition coefficient (Wildman–Crippen LogP) is 4.00. The molecule has 2 rings (SSSR count). The molecule has 0 saturated carbocycles. The maximum Gasteiger partial charge on any atom is 0.156 e. The minimum atomic E-state index is -0.522. The molecule has 0 aromatic heterocycles. The summed E-state index contributed by atoms with van der Waals surface area (Å²) in [5.74, 6) is -0.340. The Bertz CT molecular complexity index is 481. The number of rotatable bonds is 6. The molecule has 1 aliphatic rings. The van der Waals surface area contributed by atoms with Gasteiger partial charge in [0.1, 0.15) is 11.6 Å². The quantitative estimate of drug-likeness (QED) is 0.858. The minimum absolute atomic E-state index is 0.522. The lowest BCUT2D eigenvalue weighted by Gasteiger charge is -2.18. The van der Waals surface area contributed by atoms with Crippen LogP contribution in [0, 0.1) is 17.6 Å². The molecule has 0 amide bonds. The van der Waals surface area contributed by atoms with Crippen LogP contribution in [-0.4, -0.2) is 23.5 Å². The number of benzene rings is 1.